The Morgan fingerprint density at radius 2 is 2.00 bits per heavy atom. The second kappa shape index (κ2) is 4.74. The van der Waals surface area contributed by atoms with Crippen molar-refractivity contribution in [1.29, 1.82) is 0 Å². The van der Waals surface area contributed by atoms with Crippen molar-refractivity contribution in [3.8, 4) is 0 Å². The Morgan fingerprint density at radius 1 is 1.35 bits per heavy atom. The standard InChI is InChI=1S/C12H19N3OS/c1-12(2,3)9-8-10(17)14-11(13-9)15-4-6-16-7-5-15/h8H,4-7H2,1-3H3,(H,13,14,17). The summed E-state index contributed by atoms with van der Waals surface area (Å²) in [6.45, 7) is 9.73. The number of nitrogens with one attached hydrogen (secondary N) is 1. The van der Waals surface area contributed by atoms with Crippen molar-refractivity contribution in [3.05, 3.63) is 16.4 Å². The molecule has 5 heteroatoms. The fourth-order valence-corrected chi connectivity index (χ4v) is 1.98. The summed E-state index contributed by atoms with van der Waals surface area (Å²) in [5.41, 5.74) is 1.18. The summed E-state index contributed by atoms with van der Waals surface area (Å²) in [4.78, 5) is 9.98. The van der Waals surface area contributed by atoms with Gasteiger partial charge >= 0.3 is 0 Å². The highest BCUT2D eigenvalue weighted by Gasteiger charge is 2.18. The van der Waals surface area contributed by atoms with Crippen LogP contribution in [-0.4, -0.2) is 36.3 Å². The highest BCUT2D eigenvalue weighted by molar-refractivity contribution is 7.71. The van der Waals surface area contributed by atoms with Gasteiger partial charge in [-0.15, -0.1) is 0 Å². The van der Waals surface area contributed by atoms with Crippen molar-refractivity contribution >= 4 is 18.2 Å². The van der Waals surface area contributed by atoms with Gasteiger partial charge < -0.3 is 14.6 Å². The molecule has 17 heavy (non-hydrogen) atoms. The number of aromatic nitrogens is 2. The third-order valence-electron chi connectivity index (χ3n) is 2.85. The van der Waals surface area contributed by atoms with Gasteiger partial charge in [0.2, 0.25) is 5.95 Å². The van der Waals surface area contributed by atoms with Crippen LogP contribution in [0.4, 0.5) is 5.95 Å². The average molecular weight is 253 g/mol. The molecule has 94 valence electrons. The first kappa shape index (κ1) is 12.5. The molecule has 0 saturated carbocycles. The molecule has 0 spiro atoms. The van der Waals surface area contributed by atoms with Crippen LogP contribution in [0.15, 0.2) is 6.07 Å². The van der Waals surface area contributed by atoms with Crippen LogP contribution in [0.3, 0.4) is 0 Å². The van der Waals surface area contributed by atoms with E-state index in [2.05, 4.69) is 35.6 Å². The number of hydrogen-bond acceptors (Lipinski definition) is 4. The first-order chi connectivity index (χ1) is 7.97. The molecular formula is C12H19N3OS. The molecule has 0 aromatic carbocycles. The minimum absolute atomic E-state index is 0.0531. The summed E-state index contributed by atoms with van der Waals surface area (Å²) in [6.07, 6.45) is 0. The van der Waals surface area contributed by atoms with Crippen molar-refractivity contribution in [1.82, 2.24) is 9.97 Å². The van der Waals surface area contributed by atoms with Gasteiger partial charge in [-0.1, -0.05) is 33.0 Å². The van der Waals surface area contributed by atoms with E-state index >= 15 is 0 Å². The van der Waals surface area contributed by atoms with Gasteiger partial charge in [0.15, 0.2) is 0 Å². The summed E-state index contributed by atoms with van der Waals surface area (Å²) >= 11 is 5.24. The lowest BCUT2D eigenvalue weighted by molar-refractivity contribution is 0.122. The highest BCUT2D eigenvalue weighted by atomic mass is 32.1. The summed E-state index contributed by atoms with van der Waals surface area (Å²) in [7, 11) is 0. The smallest absolute Gasteiger partial charge is 0.204 e. The van der Waals surface area contributed by atoms with Crippen LogP contribution < -0.4 is 4.90 Å². The third-order valence-corrected chi connectivity index (χ3v) is 3.06. The lowest BCUT2D eigenvalue weighted by atomic mass is 9.92. The maximum atomic E-state index is 5.34. The largest absolute Gasteiger partial charge is 0.378 e. The van der Waals surface area contributed by atoms with E-state index in [-0.39, 0.29) is 5.41 Å². The van der Waals surface area contributed by atoms with E-state index in [1.54, 1.807) is 0 Å². The van der Waals surface area contributed by atoms with Crippen LogP contribution in [0.1, 0.15) is 26.5 Å². The molecule has 1 aliphatic heterocycles. The predicted octanol–water partition coefficient (Wildman–Crippen LogP) is 2.27. The molecule has 1 N–H and O–H groups in total. The quantitative estimate of drug-likeness (QED) is 0.780. The molecule has 0 unspecified atom stereocenters. The van der Waals surface area contributed by atoms with Crippen molar-refractivity contribution in [3.63, 3.8) is 0 Å². The zero-order valence-corrected chi connectivity index (χ0v) is 11.4. The monoisotopic (exact) mass is 253 g/mol. The Bertz CT molecular complexity index is 444. The van der Waals surface area contributed by atoms with Gasteiger partial charge in [-0.3, -0.25) is 0 Å². The number of ether oxygens (including phenoxy) is 1. The van der Waals surface area contributed by atoms with Gasteiger partial charge in [0.25, 0.3) is 0 Å². The van der Waals surface area contributed by atoms with Gasteiger partial charge in [-0.2, -0.15) is 0 Å². The fraction of sp³-hybridized carbons (Fsp3) is 0.667. The fourth-order valence-electron chi connectivity index (χ4n) is 1.77. The first-order valence-corrected chi connectivity index (χ1v) is 6.32. The summed E-state index contributed by atoms with van der Waals surface area (Å²) in [6, 6.07) is 1.94. The molecule has 4 nitrogen and oxygen atoms in total. The molecule has 2 rings (SSSR count). The summed E-state index contributed by atoms with van der Waals surface area (Å²) in [5, 5.41) is 0. The SMILES string of the molecule is CC(C)(C)c1cc(=S)nc(N2CCOCC2)[nH]1. The number of aromatic amines is 1. The Kier molecular flexibility index (Phi) is 3.49. The van der Waals surface area contributed by atoms with Crippen LogP contribution in [0.25, 0.3) is 0 Å². The van der Waals surface area contributed by atoms with Crippen LogP contribution in [0.2, 0.25) is 0 Å². The number of anilines is 1. The Hall–Kier alpha value is -0.940. The van der Waals surface area contributed by atoms with E-state index in [0.717, 1.165) is 37.9 Å². The van der Waals surface area contributed by atoms with Crippen LogP contribution in [0.5, 0.6) is 0 Å². The molecule has 0 atom stereocenters. The highest BCUT2D eigenvalue weighted by Crippen LogP contribution is 2.22. The number of H-pyrrole nitrogens is 1. The van der Waals surface area contributed by atoms with Crippen molar-refractivity contribution < 1.29 is 4.74 Å². The molecule has 2 heterocycles. The van der Waals surface area contributed by atoms with Gasteiger partial charge in [0.1, 0.15) is 4.64 Å². The molecule has 0 amide bonds. The van der Waals surface area contributed by atoms with Gasteiger partial charge in [0.05, 0.1) is 13.2 Å². The van der Waals surface area contributed by atoms with Crippen LogP contribution >= 0.6 is 12.2 Å². The molecule has 0 aliphatic carbocycles. The van der Waals surface area contributed by atoms with E-state index in [1.807, 2.05) is 6.07 Å². The zero-order valence-electron chi connectivity index (χ0n) is 10.6. The molecule has 0 bridgehead atoms. The molecule has 0 radical (unpaired) electrons. The Morgan fingerprint density at radius 3 is 2.59 bits per heavy atom. The molecule has 1 fully saturated rings. The Labute approximate surface area is 107 Å². The van der Waals surface area contributed by atoms with Gasteiger partial charge in [-0.25, -0.2) is 4.98 Å². The third kappa shape index (κ3) is 3.04. The number of nitrogens with zero attached hydrogens (tertiary/aromatic N) is 2. The molecular weight excluding hydrogens is 234 g/mol. The minimum atomic E-state index is 0.0531. The van der Waals surface area contributed by atoms with Crippen LogP contribution in [0, 0.1) is 4.64 Å². The van der Waals surface area contributed by atoms with Crippen molar-refractivity contribution in [2.24, 2.45) is 0 Å². The summed E-state index contributed by atoms with van der Waals surface area (Å²) in [5.74, 6) is 0.866. The second-order valence-electron chi connectivity index (χ2n) is 5.31. The van der Waals surface area contributed by atoms with E-state index in [1.165, 1.54) is 0 Å². The number of rotatable bonds is 1. The minimum Gasteiger partial charge on any atom is -0.378 e. The normalized spacial score (nSPS) is 17.2. The molecule has 1 aliphatic rings. The first-order valence-electron chi connectivity index (χ1n) is 5.91. The van der Waals surface area contributed by atoms with Crippen LogP contribution in [-0.2, 0) is 10.2 Å². The molecule has 1 aromatic heterocycles. The van der Waals surface area contributed by atoms with E-state index < -0.39 is 0 Å². The van der Waals surface area contributed by atoms with Crippen molar-refractivity contribution in [2.75, 3.05) is 31.2 Å². The summed E-state index contributed by atoms with van der Waals surface area (Å²) < 4.78 is 5.99. The molecule has 1 saturated heterocycles. The topological polar surface area (TPSA) is 41.2 Å². The second-order valence-corrected chi connectivity index (χ2v) is 5.72. The average Bonchev–Trinajstić information content (AvgIpc) is 2.28. The predicted molar refractivity (Wildman–Crippen MR) is 71.2 cm³/mol. The van der Waals surface area contributed by atoms with Crippen molar-refractivity contribution in [2.45, 2.75) is 26.2 Å². The lowest BCUT2D eigenvalue weighted by Crippen LogP contribution is -2.37. The van der Waals surface area contributed by atoms with Gasteiger partial charge in [-0.05, 0) is 6.07 Å². The Balaban J connectivity index is 2.34. The number of hydrogen-bond donors (Lipinski definition) is 1. The maximum Gasteiger partial charge on any atom is 0.204 e. The van der Waals surface area contributed by atoms with E-state index in [9.17, 15) is 0 Å². The number of morpholine rings is 1. The zero-order chi connectivity index (χ0) is 12.5. The maximum absolute atomic E-state index is 5.34. The van der Waals surface area contributed by atoms with E-state index in [4.69, 9.17) is 17.0 Å². The van der Waals surface area contributed by atoms with E-state index in [0.29, 0.717) is 4.64 Å². The molecule has 1 aromatic rings. The lowest BCUT2D eigenvalue weighted by Gasteiger charge is -2.29. The van der Waals surface area contributed by atoms with Gasteiger partial charge in [0, 0.05) is 24.2 Å².